The lowest BCUT2D eigenvalue weighted by Gasteiger charge is -2.39. The molecule has 4 rings (SSSR count). The molecule has 2 bridgehead atoms. The first kappa shape index (κ1) is 12.1. The van der Waals surface area contributed by atoms with Gasteiger partial charge in [0.05, 0.1) is 5.71 Å². The van der Waals surface area contributed by atoms with Crippen molar-refractivity contribution in [3.05, 3.63) is 0 Å². The highest BCUT2D eigenvalue weighted by Gasteiger charge is 2.31. The molecule has 4 aliphatic heterocycles. The normalized spacial score (nSPS) is 34.8. The minimum Gasteiger partial charge on any atom is -0.317 e. The van der Waals surface area contributed by atoms with Gasteiger partial charge in [-0.1, -0.05) is 0 Å². The predicted octanol–water partition coefficient (Wildman–Crippen LogP) is 0.184. The lowest BCUT2D eigenvalue weighted by atomic mass is 9.87. The number of carbonyl (C=O) groups excluding carboxylic acids is 1. The Morgan fingerprint density at radius 2 is 1.94 bits per heavy atom. The van der Waals surface area contributed by atoms with Crippen molar-refractivity contribution >= 4 is 11.6 Å². The number of hydrogen-bond acceptors (Lipinski definition) is 4. The van der Waals surface area contributed by atoms with E-state index in [2.05, 4.69) is 20.7 Å². The third-order valence-corrected chi connectivity index (χ3v) is 4.46. The van der Waals surface area contributed by atoms with Crippen LogP contribution in [0.3, 0.4) is 0 Å². The van der Waals surface area contributed by atoms with Crippen molar-refractivity contribution in [2.24, 2.45) is 16.9 Å². The van der Waals surface area contributed by atoms with Crippen LogP contribution < -0.4 is 10.7 Å². The molecule has 4 aliphatic rings. The largest absolute Gasteiger partial charge is 0.317 e. The summed E-state index contributed by atoms with van der Waals surface area (Å²) in [4.78, 5) is 14.4. The van der Waals surface area contributed by atoms with Crippen molar-refractivity contribution < 1.29 is 4.79 Å². The van der Waals surface area contributed by atoms with Crippen LogP contribution in [-0.4, -0.2) is 49.2 Å². The minimum absolute atomic E-state index is 0.112. The maximum atomic E-state index is 12.0. The molecule has 4 heterocycles. The summed E-state index contributed by atoms with van der Waals surface area (Å²) in [5.41, 5.74) is 3.99. The Bertz CT molecular complexity index is 341. The molecular formula is C13H22N4O. The Morgan fingerprint density at radius 1 is 1.22 bits per heavy atom. The van der Waals surface area contributed by atoms with Crippen LogP contribution in [-0.2, 0) is 4.79 Å². The average Bonchev–Trinajstić information content (AvgIpc) is 2.47. The Kier molecular flexibility index (Phi) is 3.61. The molecule has 0 aromatic heterocycles. The molecule has 0 aromatic rings. The van der Waals surface area contributed by atoms with Gasteiger partial charge in [-0.3, -0.25) is 9.69 Å². The number of amides is 1. The fourth-order valence-corrected chi connectivity index (χ4v) is 3.21. The summed E-state index contributed by atoms with van der Waals surface area (Å²) in [5.74, 6) is 0.875. The highest BCUT2D eigenvalue weighted by Crippen LogP contribution is 2.25. The van der Waals surface area contributed by atoms with E-state index in [0.29, 0.717) is 5.92 Å². The summed E-state index contributed by atoms with van der Waals surface area (Å²) in [7, 11) is 0. The van der Waals surface area contributed by atoms with E-state index in [4.69, 9.17) is 0 Å². The van der Waals surface area contributed by atoms with Gasteiger partial charge >= 0.3 is 0 Å². The van der Waals surface area contributed by atoms with Gasteiger partial charge in [-0.05, 0) is 51.9 Å². The molecular weight excluding hydrogens is 228 g/mol. The van der Waals surface area contributed by atoms with Gasteiger partial charge in [-0.25, -0.2) is 5.43 Å². The standard InChI is InChI=1S/C13H22N4O/c18-13(11-1-5-14-6-2-11)16-15-12-9-17-7-3-10(12)4-8-17/h10-11,14H,1-9H2,(H,16,18)/b15-12-. The van der Waals surface area contributed by atoms with Gasteiger partial charge in [-0.15, -0.1) is 0 Å². The number of rotatable bonds is 2. The van der Waals surface area contributed by atoms with Crippen molar-refractivity contribution in [3.63, 3.8) is 0 Å². The molecule has 0 saturated carbocycles. The zero-order valence-electron chi connectivity index (χ0n) is 10.8. The van der Waals surface area contributed by atoms with Gasteiger partial charge in [0.15, 0.2) is 0 Å². The summed E-state index contributed by atoms with van der Waals surface area (Å²) in [6.45, 7) is 5.26. The van der Waals surface area contributed by atoms with E-state index in [-0.39, 0.29) is 11.8 Å². The van der Waals surface area contributed by atoms with Gasteiger partial charge in [0, 0.05) is 18.4 Å². The first-order valence-electron chi connectivity index (χ1n) is 7.12. The first-order chi connectivity index (χ1) is 8.83. The van der Waals surface area contributed by atoms with Gasteiger partial charge in [0.2, 0.25) is 5.91 Å². The average molecular weight is 250 g/mol. The second-order valence-electron chi connectivity index (χ2n) is 5.65. The smallest absolute Gasteiger partial charge is 0.243 e. The molecule has 0 unspecified atom stereocenters. The van der Waals surface area contributed by atoms with E-state index in [1.165, 1.54) is 31.6 Å². The molecule has 0 spiro atoms. The summed E-state index contributed by atoms with van der Waals surface area (Å²) in [6.07, 6.45) is 4.29. The molecule has 0 atom stereocenters. The van der Waals surface area contributed by atoms with Gasteiger partial charge < -0.3 is 5.32 Å². The third-order valence-electron chi connectivity index (χ3n) is 4.46. The van der Waals surface area contributed by atoms with Crippen LogP contribution in [0.1, 0.15) is 25.7 Å². The highest BCUT2D eigenvalue weighted by molar-refractivity contribution is 5.91. The number of hydrazone groups is 1. The lowest BCUT2D eigenvalue weighted by Crippen LogP contribution is -2.48. The van der Waals surface area contributed by atoms with Gasteiger partial charge in [-0.2, -0.15) is 5.10 Å². The zero-order chi connectivity index (χ0) is 12.4. The molecule has 2 N–H and O–H groups in total. The third kappa shape index (κ3) is 2.57. The van der Waals surface area contributed by atoms with E-state index < -0.39 is 0 Å². The van der Waals surface area contributed by atoms with Crippen LogP contribution >= 0.6 is 0 Å². The first-order valence-corrected chi connectivity index (χ1v) is 7.12. The van der Waals surface area contributed by atoms with Crippen LogP contribution in [0.5, 0.6) is 0 Å². The number of nitrogens with one attached hydrogen (secondary N) is 2. The number of piperidine rings is 4. The predicted molar refractivity (Wildman–Crippen MR) is 70.3 cm³/mol. The van der Waals surface area contributed by atoms with Gasteiger partial charge in [0.25, 0.3) is 0 Å². The summed E-state index contributed by atoms with van der Waals surface area (Å²) in [5, 5.41) is 7.67. The lowest BCUT2D eigenvalue weighted by molar-refractivity contribution is -0.125. The number of fused-ring (bicyclic) bond motifs is 3. The monoisotopic (exact) mass is 250 g/mol. The van der Waals surface area contributed by atoms with Crippen molar-refractivity contribution in [2.45, 2.75) is 25.7 Å². The molecule has 5 nitrogen and oxygen atoms in total. The molecule has 0 aliphatic carbocycles. The molecule has 0 radical (unpaired) electrons. The SMILES string of the molecule is O=C(N/N=C1/CN2CCC1CC2)C1CCNCC1. The van der Waals surface area contributed by atoms with Crippen LogP contribution in [0.25, 0.3) is 0 Å². The minimum atomic E-state index is 0.112. The fraction of sp³-hybridized carbons (Fsp3) is 0.846. The van der Waals surface area contributed by atoms with Crippen molar-refractivity contribution in [3.8, 4) is 0 Å². The maximum absolute atomic E-state index is 12.0. The molecule has 1 amide bonds. The Hall–Kier alpha value is -0.940. The van der Waals surface area contributed by atoms with E-state index in [9.17, 15) is 4.79 Å². The summed E-state index contributed by atoms with van der Waals surface area (Å²) < 4.78 is 0. The quantitative estimate of drug-likeness (QED) is 0.688. The van der Waals surface area contributed by atoms with Crippen molar-refractivity contribution in [2.75, 3.05) is 32.7 Å². The molecule has 18 heavy (non-hydrogen) atoms. The fourth-order valence-electron chi connectivity index (χ4n) is 3.21. The van der Waals surface area contributed by atoms with Crippen LogP contribution in [0.4, 0.5) is 0 Å². The van der Waals surface area contributed by atoms with Crippen LogP contribution in [0, 0.1) is 11.8 Å². The van der Waals surface area contributed by atoms with Crippen molar-refractivity contribution in [1.82, 2.24) is 15.6 Å². The molecule has 4 saturated heterocycles. The van der Waals surface area contributed by atoms with Crippen LogP contribution in [0.2, 0.25) is 0 Å². The molecule has 4 fully saturated rings. The highest BCUT2D eigenvalue weighted by atomic mass is 16.2. The van der Waals surface area contributed by atoms with E-state index in [0.717, 1.165) is 32.5 Å². The second-order valence-corrected chi connectivity index (χ2v) is 5.65. The Morgan fingerprint density at radius 3 is 2.56 bits per heavy atom. The maximum Gasteiger partial charge on any atom is 0.243 e. The number of nitrogens with zero attached hydrogens (tertiary/aromatic N) is 2. The van der Waals surface area contributed by atoms with Crippen molar-refractivity contribution in [1.29, 1.82) is 0 Å². The molecule has 0 aromatic carbocycles. The van der Waals surface area contributed by atoms with Gasteiger partial charge in [0.1, 0.15) is 0 Å². The zero-order valence-corrected chi connectivity index (χ0v) is 10.8. The topological polar surface area (TPSA) is 56.7 Å². The summed E-state index contributed by atoms with van der Waals surface area (Å²) >= 11 is 0. The van der Waals surface area contributed by atoms with E-state index in [1.807, 2.05) is 0 Å². The summed E-state index contributed by atoms with van der Waals surface area (Å²) in [6, 6.07) is 0. The number of carbonyl (C=O) groups is 1. The van der Waals surface area contributed by atoms with Crippen LogP contribution in [0.15, 0.2) is 5.10 Å². The molecule has 5 heteroatoms. The molecule has 100 valence electrons. The van der Waals surface area contributed by atoms with E-state index in [1.54, 1.807) is 0 Å². The Balaban J connectivity index is 1.55. The number of hydrogen-bond donors (Lipinski definition) is 2. The second kappa shape index (κ2) is 5.36. The Labute approximate surface area is 108 Å². The van der Waals surface area contributed by atoms with E-state index >= 15 is 0 Å².